The normalized spacial score (nSPS) is 10.3. The van der Waals surface area contributed by atoms with Crippen molar-refractivity contribution in [2.45, 2.75) is 13.5 Å². The lowest BCUT2D eigenvalue weighted by molar-refractivity contribution is 0.0589. The fourth-order valence-corrected chi connectivity index (χ4v) is 1.83. The van der Waals surface area contributed by atoms with Crippen molar-refractivity contribution >= 4 is 17.6 Å². The van der Waals surface area contributed by atoms with Gasteiger partial charge in [0, 0.05) is 19.8 Å². The van der Waals surface area contributed by atoms with E-state index in [-0.39, 0.29) is 11.6 Å². The van der Waals surface area contributed by atoms with E-state index in [0.717, 1.165) is 0 Å². The molecule has 0 bridgehead atoms. The van der Waals surface area contributed by atoms with Crippen LogP contribution >= 0.6 is 0 Å². The third-order valence-corrected chi connectivity index (χ3v) is 2.81. The van der Waals surface area contributed by atoms with Gasteiger partial charge in [0.25, 0.3) is 5.91 Å². The number of methoxy groups -OCH3 is 1. The highest BCUT2D eigenvalue weighted by atomic mass is 16.5. The molecule has 0 saturated heterocycles. The largest absolute Gasteiger partial charge is 0.464 e. The van der Waals surface area contributed by atoms with Gasteiger partial charge < -0.3 is 10.1 Å². The zero-order valence-corrected chi connectivity index (χ0v) is 11.5. The van der Waals surface area contributed by atoms with E-state index >= 15 is 0 Å². The van der Waals surface area contributed by atoms with Gasteiger partial charge in [-0.25, -0.2) is 4.79 Å². The number of anilines is 1. The molecule has 0 spiro atoms. The Kier molecular flexibility index (Phi) is 3.83. The van der Waals surface area contributed by atoms with Gasteiger partial charge in [-0.15, -0.1) is 0 Å². The van der Waals surface area contributed by atoms with Gasteiger partial charge in [-0.05, 0) is 13.0 Å². The summed E-state index contributed by atoms with van der Waals surface area (Å²) in [5, 5.41) is 10.6. The first-order valence-electron chi connectivity index (χ1n) is 6.02. The minimum atomic E-state index is -0.565. The molecule has 2 aromatic heterocycles. The number of nitrogens with zero attached hydrogens (tertiary/aromatic N) is 4. The van der Waals surface area contributed by atoms with Crippen LogP contribution in [-0.4, -0.2) is 38.5 Å². The zero-order chi connectivity index (χ0) is 14.7. The topological polar surface area (TPSA) is 91.0 Å². The predicted molar refractivity (Wildman–Crippen MR) is 70.4 cm³/mol. The first kappa shape index (κ1) is 13.8. The van der Waals surface area contributed by atoms with Gasteiger partial charge in [-0.2, -0.15) is 10.2 Å². The van der Waals surface area contributed by atoms with Crippen molar-refractivity contribution in [2.24, 2.45) is 7.05 Å². The Balaban J connectivity index is 2.27. The van der Waals surface area contributed by atoms with Crippen LogP contribution in [0, 0.1) is 0 Å². The number of aromatic nitrogens is 4. The van der Waals surface area contributed by atoms with Gasteiger partial charge in [0.05, 0.1) is 19.0 Å². The average molecular weight is 277 g/mol. The summed E-state index contributed by atoms with van der Waals surface area (Å²) >= 11 is 0. The summed E-state index contributed by atoms with van der Waals surface area (Å²) in [4.78, 5) is 23.8. The predicted octanol–water partition coefficient (Wildman–Crippen LogP) is 0.675. The van der Waals surface area contributed by atoms with Crippen LogP contribution < -0.4 is 5.32 Å². The Morgan fingerprint density at radius 1 is 1.40 bits per heavy atom. The van der Waals surface area contributed by atoms with Crippen LogP contribution in [0.1, 0.15) is 27.9 Å². The van der Waals surface area contributed by atoms with E-state index in [2.05, 4.69) is 20.3 Å². The minimum Gasteiger partial charge on any atom is -0.464 e. The molecule has 0 aromatic carbocycles. The van der Waals surface area contributed by atoms with Crippen LogP contribution in [-0.2, 0) is 18.3 Å². The number of esters is 1. The van der Waals surface area contributed by atoms with E-state index in [0.29, 0.717) is 17.9 Å². The molecule has 0 atom stereocenters. The van der Waals surface area contributed by atoms with Gasteiger partial charge in [-0.3, -0.25) is 14.2 Å². The van der Waals surface area contributed by atoms with E-state index in [4.69, 9.17) is 0 Å². The first-order valence-corrected chi connectivity index (χ1v) is 6.02. The molecule has 20 heavy (non-hydrogen) atoms. The standard InChI is InChI=1S/C12H15N5O3/c1-4-17-9(5-6-13-17)11(18)15-8-7-14-16(2)10(8)12(19)20-3/h5-7H,4H2,1-3H3,(H,15,18). The molecule has 1 amide bonds. The maximum atomic E-state index is 12.2. The summed E-state index contributed by atoms with van der Waals surface area (Å²) in [7, 11) is 2.87. The van der Waals surface area contributed by atoms with E-state index < -0.39 is 5.97 Å². The maximum absolute atomic E-state index is 12.2. The summed E-state index contributed by atoms with van der Waals surface area (Å²) in [6.45, 7) is 2.46. The number of rotatable bonds is 4. The molecule has 0 aliphatic heterocycles. The van der Waals surface area contributed by atoms with E-state index in [9.17, 15) is 9.59 Å². The van der Waals surface area contributed by atoms with E-state index in [1.54, 1.807) is 24.0 Å². The molecule has 2 rings (SSSR count). The molecule has 1 N–H and O–H groups in total. The number of hydrogen-bond donors (Lipinski definition) is 1. The van der Waals surface area contributed by atoms with Gasteiger partial charge in [0.2, 0.25) is 0 Å². The highest BCUT2D eigenvalue weighted by Crippen LogP contribution is 2.16. The molecule has 0 saturated carbocycles. The Morgan fingerprint density at radius 2 is 2.15 bits per heavy atom. The quantitative estimate of drug-likeness (QED) is 0.830. The molecule has 106 valence electrons. The molecule has 2 heterocycles. The summed E-state index contributed by atoms with van der Waals surface area (Å²) in [5.74, 6) is -0.924. The van der Waals surface area contributed by atoms with Crippen LogP contribution in [0.2, 0.25) is 0 Å². The van der Waals surface area contributed by atoms with Crippen LogP contribution in [0.4, 0.5) is 5.69 Å². The Hall–Kier alpha value is -2.64. The SMILES string of the molecule is CCn1nccc1C(=O)Nc1cnn(C)c1C(=O)OC. The second-order valence-electron chi connectivity index (χ2n) is 4.01. The highest BCUT2D eigenvalue weighted by Gasteiger charge is 2.20. The van der Waals surface area contributed by atoms with Gasteiger partial charge in [0.1, 0.15) is 5.69 Å². The lowest BCUT2D eigenvalue weighted by Gasteiger charge is -2.07. The van der Waals surface area contributed by atoms with Crippen LogP contribution in [0.15, 0.2) is 18.5 Å². The summed E-state index contributed by atoms with van der Waals surface area (Å²) in [6.07, 6.45) is 2.94. The van der Waals surface area contributed by atoms with Crippen molar-refractivity contribution in [1.82, 2.24) is 19.6 Å². The molecule has 8 heteroatoms. The summed E-state index contributed by atoms with van der Waals surface area (Å²) < 4.78 is 7.57. The molecule has 0 unspecified atom stereocenters. The van der Waals surface area contributed by atoms with Crippen molar-refractivity contribution in [3.8, 4) is 0 Å². The third kappa shape index (κ3) is 2.40. The molecular weight excluding hydrogens is 262 g/mol. The van der Waals surface area contributed by atoms with Crippen molar-refractivity contribution in [2.75, 3.05) is 12.4 Å². The number of ether oxygens (including phenoxy) is 1. The van der Waals surface area contributed by atoms with Gasteiger partial charge in [-0.1, -0.05) is 0 Å². The van der Waals surface area contributed by atoms with Crippen molar-refractivity contribution in [1.29, 1.82) is 0 Å². The number of carbonyl (C=O) groups excluding carboxylic acids is 2. The molecule has 0 radical (unpaired) electrons. The smallest absolute Gasteiger partial charge is 0.358 e. The van der Waals surface area contributed by atoms with Crippen molar-refractivity contribution < 1.29 is 14.3 Å². The van der Waals surface area contributed by atoms with Crippen LogP contribution in [0.25, 0.3) is 0 Å². The maximum Gasteiger partial charge on any atom is 0.358 e. The lowest BCUT2D eigenvalue weighted by Crippen LogP contribution is -2.19. The summed E-state index contributed by atoms with van der Waals surface area (Å²) in [6, 6.07) is 1.60. The van der Waals surface area contributed by atoms with E-state index in [1.165, 1.54) is 18.0 Å². The fraction of sp³-hybridized carbons (Fsp3) is 0.333. The number of hydrogen-bond acceptors (Lipinski definition) is 5. The van der Waals surface area contributed by atoms with Gasteiger partial charge in [0.15, 0.2) is 5.69 Å². The first-order chi connectivity index (χ1) is 9.58. The molecular formula is C12H15N5O3. The monoisotopic (exact) mass is 277 g/mol. The molecule has 0 fully saturated rings. The summed E-state index contributed by atoms with van der Waals surface area (Å²) in [5.41, 5.74) is 0.892. The number of amides is 1. The van der Waals surface area contributed by atoms with Crippen molar-refractivity contribution in [3.63, 3.8) is 0 Å². The van der Waals surface area contributed by atoms with E-state index in [1.807, 2.05) is 6.92 Å². The Morgan fingerprint density at radius 3 is 2.80 bits per heavy atom. The molecule has 2 aromatic rings. The zero-order valence-electron chi connectivity index (χ0n) is 11.5. The Labute approximate surface area is 115 Å². The highest BCUT2D eigenvalue weighted by molar-refractivity contribution is 6.06. The van der Waals surface area contributed by atoms with Gasteiger partial charge >= 0.3 is 5.97 Å². The third-order valence-electron chi connectivity index (χ3n) is 2.81. The van der Waals surface area contributed by atoms with Crippen molar-refractivity contribution in [3.05, 3.63) is 29.8 Å². The molecule has 0 aliphatic rings. The molecule has 8 nitrogen and oxygen atoms in total. The fourth-order valence-electron chi connectivity index (χ4n) is 1.83. The second kappa shape index (κ2) is 5.55. The number of nitrogens with one attached hydrogen (secondary N) is 1. The second-order valence-corrected chi connectivity index (χ2v) is 4.01. The number of aryl methyl sites for hydroxylation is 2. The van der Waals surface area contributed by atoms with Crippen LogP contribution in [0.5, 0.6) is 0 Å². The minimum absolute atomic E-state index is 0.184. The number of carbonyl (C=O) groups is 2. The lowest BCUT2D eigenvalue weighted by atomic mass is 10.3. The van der Waals surface area contributed by atoms with Crippen LogP contribution in [0.3, 0.4) is 0 Å². The average Bonchev–Trinajstić information content (AvgIpc) is 3.04. The Bertz CT molecular complexity index is 643. The molecule has 0 aliphatic carbocycles.